The van der Waals surface area contributed by atoms with Gasteiger partial charge in [-0.3, -0.25) is 4.79 Å². The number of benzene rings is 5. The molecule has 0 bridgehead atoms. The highest BCUT2D eigenvalue weighted by atomic mass is 79.9. The van der Waals surface area contributed by atoms with Crippen LogP contribution in [-0.4, -0.2) is 12.1 Å². The van der Waals surface area contributed by atoms with E-state index >= 15 is 0 Å². The molecule has 5 rings (SSSR count). The topological polar surface area (TPSA) is 41.5 Å². The van der Waals surface area contributed by atoms with Crippen molar-refractivity contribution >= 4 is 60.4 Å². The third kappa shape index (κ3) is 3.82. The third-order valence-electron chi connectivity index (χ3n) is 5.51. The molecule has 5 aromatic carbocycles. The summed E-state index contributed by atoms with van der Waals surface area (Å²) >= 11 is 3.58. The molecule has 0 heterocycles. The summed E-state index contributed by atoms with van der Waals surface area (Å²) in [6.45, 7) is 0. The van der Waals surface area contributed by atoms with Gasteiger partial charge in [0.05, 0.1) is 12.6 Å². The summed E-state index contributed by atoms with van der Waals surface area (Å²) < 4.78 is 1.02. The maximum absolute atomic E-state index is 12.6. The Morgan fingerprint density at radius 3 is 2.03 bits per heavy atom. The van der Waals surface area contributed by atoms with Gasteiger partial charge in [-0.2, -0.15) is 5.10 Å². The van der Waals surface area contributed by atoms with Gasteiger partial charge in [-0.05, 0) is 50.0 Å². The fourth-order valence-corrected chi connectivity index (χ4v) is 4.53. The van der Waals surface area contributed by atoms with Gasteiger partial charge in [-0.1, -0.05) is 94.8 Å². The lowest BCUT2D eigenvalue weighted by atomic mass is 9.97. The van der Waals surface area contributed by atoms with Crippen LogP contribution in [0.25, 0.3) is 32.3 Å². The first-order valence-electron chi connectivity index (χ1n) is 10.1. The SMILES string of the molecule is O=C(Cc1ccc(Br)c2ccccc12)NN=Cc1c2ccccc2cc2ccccc12. The molecule has 4 heteroatoms. The van der Waals surface area contributed by atoms with Crippen molar-refractivity contribution in [1.29, 1.82) is 0 Å². The molecular weight excluding hydrogens is 448 g/mol. The minimum Gasteiger partial charge on any atom is -0.273 e. The monoisotopic (exact) mass is 466 g/mol. The Labute approximate surface area is 188 Å². The molecule has 0 unspecified atom stereocenters. The molecule has 0 aromatic heterocycles. The Morgan fingerprint density at radius 1 is 0.774 bits per heavy atom. The van der Waals surface area contributed by atoms with Crippen LogP contribution in [0.4, 0.5) is 0 Å². The molecule has 1 amide bonds. The lowest BCUT2D eigenvalue weighted by Gasteiger charge is -2.09. The number of halogens is 1. The smallest absolute Gasteiger partial charge is 0.244 e. The van der Waals surface area contributed by atoms with E-state index in [1.54, 1.807) is 6.21 Å². The predicted octanol–water partition coefficient (Wildman–Crippen LogP) is 6.60. The number of amides is 1. The zero-order valence-corrected chi connectivity index (χ0v) is 18.3. The van der Waals surface area contributed by atoms with Crippen LogP contribution < -0.4 is 5.43 Å². The van der Waals surface area contributed by atoms with Crippen LogP contribution in [0, 0.1) is 0 Å². The van der Waals surface area contributed by atoms with Crippen molar-refractivity contribution < 1.29 is 4.79 Å². The van der Waals surface area contributed by atoms with Crippen molar-refractivity contribution in [1.82, 2.24) is 5.43 Å². The standard InChI is InChI=1S/C27H19BrN2O/c28-26-14-13-20(21-9-5-6-12-24(21)26)16-27(31)30-29-17-25-22-10-3-1-7-18(22)15-19-8-2-4-11-23(19)25/h1-15,17H,16H2,(H,30,31). The van der Waals surface area contributed by atoms with Gasteiger partial charge < -0.3 is 0 Å². The molecule has 0 aliphatic carbocycles. The van der Waals surface area contributed by atoms with Crippen LogP contribution >= 0.6 is 15.9 Å². The van der Waals surface area contributed by atoms with Gasteiger partial charge in [0, 0.05) is 10.0 Å². The Hall–Kier alpha value is -3.50. The molecule has 0 aliphatic rings. The number of rotatable bonds is 4. The van der Waals surface area contributed by atoms with Gasteiger partial charge in [-0.15, -0.1) is 0 Å². The molecular formula is C27H19BrN2O. The normalized spacial score (nSPS) is 11.5. The number of fused-ring (bicyclic) bond motifs is 3. The van der Waals surface area contributed by atoms with Crippen molar-refractivity contribution in [2.24, 2.45) is 5.10 Å². The molecule has 3 nitrogen and oxygen atoms in total. The number of carbonyl (C=O) groups is 1. The number of hydrogen-bond donors (Lipinski definition) is 1. The number of carbonyl (C=O) groups excluding carboxylic acids is 1. The van der Waals surface area contributed by atoms with Crippen molar-refractivity contribution in [2.75, 3.05) is 0 Å². The second-order valence-electron chi connectivity index (χ2n) is 7.45. The maximum Gasteiger partial charge on any atom is 0.244 e. The Bertz CT molecular complexity index is 1420. The summed E-state index contributed by atoms with van der Waals surface area (Å²) in [7, 11) is 0. The van der Waals surface area contributed by atoms with E-state index in [9.17, 15) is 4.79 Å². The molecule has 0 radical (unpaired) electrons. The summed E-state index contributed by atoms with van der Waals surface area (Å²) in [4.78, 5) is 12.6. The van der Waals surface area contributed by atoms with E-state index in [0.717, 1.165) is 47.9 Å². The van der Waals surface area contributed by atoms with E-state index < -0.39 is 0 Å². The van der Waals surface area contributed by atoms with Crippen molar-refractivity contribution in [3.8, 4) is 0 Å². The largest absolute Gasteiger partial charge is 0.273 e. The van der Waals surface area contributed by atoms with Gasteiger partial charge in [0.1, 0.15) is 0 Å². The summed E-state index contributed by atoms with van der Waals surface area (Å²) in [5, 5.41) is 11.0. The Morgan fingerprint density at radius 2 is 1.35 bits per heavy atom. The molecule has 0 fully saturated rings. The highest BCUT2D eigenvalue weighted by molar-refractivity contribution is 9.10. The van der Waals surface area contributed by atoms with Gasteiger partial charge in [-0.25, -0.2) is 5.43 Å². The summed E-state index contributed by atoms with van der Waals surface area (Å²) in [6, 6.07) is 30.7. The highest BCUT2D eigenvalue weighted by Gasteiger charge is 2.09. The predicted molar refractivity (Wildman–Crippen MR) is 133 cm³/mol. The van der Waals surface area contributed by atoms with Gasteiger partial charge in [0.25, 0.3) is 0 Å². The minimum atomic E-state index is -0.145. The lowest BCUT2D eigenvalue weighted by molar-refractivity contribution is -0.120. The quantitative estimate of drug-likeness (QED) is 0.181. The zero-order chi connectivity index (χ0) is 21.2. The second kappa shape index (κ2) is 8.32. The minimum absolute atomic E-state index is 0.145. The van der Waals surface area contributed by atoms with Crippen LogP contribution in [-0.2, 0) is 11.2 Å². The first-order valence-corrected chi connectivity index (χ1v) is 10.9. The molecule has 0 spiro atoms. The van der Waals surface area contributed by atoms with Crippen LogP contribution in [0.15, 0.2) is 101 Å². The van der Waals surface area contributed by atoms with E-state index in [1.165, 1.54) is 0 Å². The fraction of sp³-hybridized carbons (Fsp3) is 0.0370. The van der Waals surface area contributed by atoms with Crippen LogP contribution in [0.1, 0.15) is 11.1 Å². The molecule has 5 aromatic rings. The number of hydrogen-bond acceptors (Lipinski definition) is 2. The maximum atomic E-state index is 12.6. The van der Waals surface area contributed by atoms with E-state index in [-0.39, 0.29) is 12.3 Å². The zero-order valence-electron chi connectivity index (χ0n) is 16.7. The molecule has 0 saturated heterocycles. The van der Waals surface area contributed by atoms with Crippen molar-refractivity contribution in [3.63, 3.8) is 0 Å². The van der Waals surface area contributed by atoms with Crippen molar-refractivity contribution in [3.05, 3.63) is 107 Å². The van der Waals surface area contributed by atoms with E-state index in [4.69, 9.17) is 0 Å². The number of nitrogens with one attached hydrogen (secondary N) is 1. The third-order valence-corrected chi connectivity index (χ3v) is 6.20. The fourth-order valence-electron chi connectivity index (χ4n) is 4.05. The first kappa shape index (κ1) is 19.5. The Kier molecular flexibility index (Phi) is 5.23. The first-order chi connectivity index (χ1) is 15.2. The summed E-state index contributed by atoms with van der Waals surface area (Å²) in [5.41, 5.74) is 4.68. The molecule has 1 N–H and O–H groups in total. The Balaban J connectivity index is 1.43. The van der Waals surface area contributed by atoms with Crippen LogP contribution in [0.2, 0.25) is 0 Å². The average Bonchev–Trinajstić information content (AvgIpc) is 2.80. The molecule has 0 saturated carbocycles. The summed E-state index contributed by atoms with van der Waals surface area (Å²) in [6.07, 6.45) is 2.02. The molecule has 0 aliphatic heterocycles. The van der Waals surface area contributed by atoms with Gasteiger partial charge in [0.2, 0.25) is 5.91 Å². The van der Waals surface area contributed by atoms with E-state index in [1.807, 2.05) is 60.7 Å². The van der Waals surface area contributed by atoms with Crippen LogP contribution in [0.5, 0.6) is 0 Å². The molecule has 150 valence electrons. The number of nitrogens with zero attached hydrogens (tertiary/aromatic N) is 1. The highest BCUT2D eigenvalue weighted by Crippen LogP contribution is 2.28. The number of hydrazone groups is 1. The van der Waals surface area contributed by atoms with Gasteiger partial charge >= 0.3 is 0 Å². The van der Waals surface area contributed by atoms with Crippen molar-refractivity contribution in [2.45, 2.75) is 6.42 Å². The van der Waals surface area contributed by atoms with Gasteiger partial charge in [0.15, 0.2) is 0 Å². The summed E-state index contributed by atoms with van der Waals surface area (Å²) in [5.74, 6) is -0.145. The van der Waals surface area contributed by atoms with E-state index in [0.29, 0.717) is 0 Å². The second-order valence-corrected chi connectivity index (χ2v) is 8.31. The average molecular weight is 467 g/mol. The molecule has 0 atom stereocenters. The van der Waals surface area contributed by atoms with E-state index in [2.05, 4.69) is 56.8 Å². The lowest BCUT2D eigenvalue weighted by Crippen LogP contribution is -2.20. The molecule has 31 heavy (non-hydrogen) atoms. The van der Waals surface area contributed by atoms with Crippen LogP contribution in [0.3, 0.4) is 0 Å².